The first kappa shape index (κ1) is 27.8. The standard InChI is InChI=1S/C21H36O2.C6H14/c1-8-9-10-11-12-13-15-17(22)14-16(20(2,3)4)19(23)18(15)21(5,6)7;1-3-5-6-4-2/h14,22-23H,8-13H2,1-7H3;3-6H2,1-2H3. The molecule has 0 bridgehead atoms. The Kier molecular flexibility index (Phi) is 12.7. The quantitative estimate of drug-likeness (QED) is 0.318. The average Bonchev–Trinajstić information content (AvgIpc) is 2.60. The second-order valence-corrected chi connectivity index (χ2v) is 10.5. The van der Waals surface area contributed by atoms with E-state index in [-0.39, 0.29) is 10.8 Å². The zero-order valence-electron chi connectivity index (χ0n) is 21.0. The van der Waals surface area contributed by atoms with Crippen LogP contribution < -0.4 is 0 Å². The lowest BCUT2D eigenvalue weighted by atomic mass is 9.76. The lowest BCUT2D eigenvalue weighted by Gasteiger charge is -2.30. The molecule has 0 saturated carbocycles. The van der Waals surface area contributed by atoms with E-state index in [0.717, 1.165) is 29.5 Å². The van der Waals surface area contributed by atoms with Crippen LogP contribution in [0.4, 0.5) is 0 Å². The van der Waals surface area contributed by atoms with Gasteiger partial charge in [0.05, 0.1) is 0 Å². The van der Waals surface area contributed by atoms with E-state index in [0.29, 0.717) is 11.5 Å². The van der Waals surface area contributed by atoms with E-state index in [1.807, 2.05) is 0 Å². The fourth-order valence-electron chi connectivity index (χ4n) is 3.74. The molecule has 0 aromatic heterocycles. The van der Waals surface area contributed by atoms with Crippen molar-refractivity contribution in [3.63, 3.8) is 0 Å². The van der Waals surface area contributed by atoms with Gasteiger partial charge in [0.15, 0.2) is 0 Å². The summed E-state index contributed by atoms with van der Waals surface area (Å²) < 4.78 is 0. The maximum atomic E-state index is 10.9. The zero-order chi connectivity index (χ0) is 22.7. The van der Waals surface area contributed by atoms with Crippen molar-refractivity contribution >= 4 is 0 Å². The molecule has 0 heterocycles. The number of hydrogen-bond donors (Lipinski definition) is 2. The first-order chi connectivity index (χ1) is 13.4. The van der Waals surface area contributed by atoms with Crippen molar-refractivity contribution in [2.75, 3.05) is 0 Å². The van der Waals surface area contributed by atoms with Crippen LogP contribution in [0.2, 0.25) is 0 Å². The summed E-state index contributed by atoms with van der Waals surface area (Å²) in [6, 6.07) is 1.77. The summed E-state index contributed by atoms with van der Waals surface area (Å²) in [4.78, 5) is 0. The molecule has 0 atom stereocenters. The van der Waals surface area contributed by atoms with Crippen LogP contribution in [0.25, 0.3) is 0 Å². The Morgan fingerprint density at radius 1 is 0.655 bits per heavy atom. The molecule has 0 radical (unpaired) electrons. The molecule has 29 heavy (non-hydrogen) atoms. The van der Waals surface area contributed by atoms with Crippen molar-refractivity contribution in [2.45, 2.75) is 137 Å². The van der Waals surface area contributed by atoms with Crippen molar-refractivity contribution < 1.29 is 10.2 Å². The number of unbranched alkanes of at least 4 members (excludes halogenated alkanes) is 7. The number of hydrogen-bond acceptors (Lipinski definition) is 2. The summed E-state index contributed by atoms with van der Waals surface area (Å²) in [5.74, 6) is 0.708. The molecule has 0 unspecified atom stereocenters. The van der Waals surface area contributed by atoms with E-state index in [1.54, 1.807) is 6.07 Å². The molecule has 0 fully saturated rings. The summed E-state index contributed by atoms with van der Waals surface area (Å²) >= 11 is 0. The van der Waals surface area contributed by atoms with E-state index in [4.69, 9.17) is 0 Å². The van der Waals surface area contributed by atoms with E-state index in [9.17, 15) is 10.2 Å². The molecule has 0 aliphatic rings. The highest BCUT2D eigenvalue weighted by Crippen LogP contribution is 2.45. The molecule has 2 N–H and O–H groups in total. The van der Waals surface area contributed by atoms with Crippen LogP contribution in [0.15, 0.2) is 6.07 Å². The number of benzene rings is 1. The summed E-state index contributed by atoms with van der Waals surface area (Å²) in [6.07, 6.45) is 12.4. The van der Waals surface area contributed by atoms with Crippen LogP contribution in [0.1, 0.15) is 137 Å². The van der Waals surface area contributed by atoms with E-state index in [1.165, 1.54) is 51.4 Å². The molecule has 1 rings (SSSR count). The van der Waals surface area contributed by atoms with Crippen LogP contribution in [0.5, 0.6) is 11.5 Å². The van der Waals surface area contributed by atoms with Gasteiger partial charge in [-0.05, 0) is 29.7 Å². The van der Waals surface area contributed by atoms with E-state index >= 15 is 0 Å². The van der Waals surface area contributed by atoms with Gasteiger partial charge in [-0.2, -0.15) is 0 Å². The fourth-order valence-corrected chi connectivity index (χ4v) is 3.74. The Labute approximate surface area is 182 Å². The molecule has 2 nitrogen and oxygen atoms in total. The van der Waals surface area contributed by atoms with Crippen molar-refractivity contribution in [1.29, 1.82) is 0 Å². The molecule has 1 aromatic rings. The zero-order valence-corrected chi connectivity index (χ0v) is 21.0. The van der Waals surface area contributed by atoms with Gasteiger partial charge in [0.2, 0.25) is 0 Å². The molecule has 0 aliphatic heterocycles. The van der Waals surface area contributed by atoms with Crippen molar-refractivity contribution in [2.24, 2.45) is 0 Å². The normalized spacial score (nSPS) is 11.9. The first-order valence-corrected chi connectivity index (χ1v) is 12.0. The van der Waals surface area contributed by atoms with Gasteiger partial charge >= 0.3 is 0 Å². The van der Waals surface area contributed by atoms with Gasteiger partial charge in [0, 0.05) is 16.7 Å². The molecular formula is C27H50O2. The summed E-state index contributed by atoms with van der Waals surface area (Å²) in [6.45, 7) is 19.2. The molecule has 170 valence electrons. The molecule has 0 spiro atoms. The Morgan fingerprint density at radius 2 is 1.10 bits per heavy atom. The van der Waals surface area contributed by atoms with Crippen LogP contribution in [-0.2, 0) is 17.3 Å². The minimum atomic E-state index is -0.193. The van der Waals surface area contributed by atoms with Gasteiger partial charge in [-0.15, -0.1) is 0 Å². The molecular weight excluding hydrogens is 356 g/mol. The molecule has 1 aromatic carbocycles. The van der Waals surface area contributed by atoms with Gasteiger partial charge in [0.1, 0.15) is 11.5 Å². The van der Waals surface area contributed by atoms with Crippen LogP contribution >= 0.6 is 0 Å². The second kappa shape index (κ2) is 13.2. The maximum Gasteiger partial charge on any atom is 0.123 e. The highest BCUT2D eigenvalue weighted by molar-refractivity contribution is 5.57. The van der Waals surface area contributed by atoms with E-state index < -0.39 is 0 Å². The van der Waals surface area contributed by atoms with Crippen molar-refractivity contribution in [1.82, 2.24) is 0 Å². The van der Waals surface area contributed by atoms with Gasteiger partial charge in [-0.1, -0.05) is 114 Å². The van der Waals surface area contributed by atoms with Crippen molar-refractivity contribution in [3.8, 4) is 11.5 Å². The van der Waals surface area contributed by atoms with Gasteiger partial charge in [-0.25, -0.2) is 0 Å². The minimum absolute atomic E-state index is 0.193. The third kappa shape index (κ3) is 9.92. The Balaban J connectivity index is 0.00000113. The van der Waals surface area contributed by atoms with Crippen LogP contribution in [0, 0.1) is 0 Å². The third-order valence-corrected chi connectivity index (χ3v) is 5.43. The maximum absolute atomic E-state index is 10.9. The topological polar surface area (TPSA) is 40.5 Å². The van der Waals surface area contributed by atoms with Crippen LogP contribution in [0.3, 0.4) is 0 Å². The fraction of sp³-hybridized carbons (Fsp3) is 0.778. The lowest BCUT2D eigenvalue weighted by molar-refractivity contribution is 0.406. The Bertz CT molecular complexity index is 570. The molecule has 0 amide bonds. The highest BCUT2D eigenvalue weighted by Gasteiger charge is 2.30. The summed E-state index contributed by atoms with van der Waals surface area (Å²) in [5, 5.41) is 21.5. The highest BCUT2D eigenvalue weighted by atomic mass is 16.3. The SMILES string of the molecule is CCCCCC.CCCCCCCc1c(O)cc(C(C)(C)C)c(O)c1C(C)(C)C. The third-order valence-electron chi connectivity index (χ3n) is 5.43. The number of phenolic OH excluding ortho intramolecular Hbond substituents is 2. The lowest BCUT2D eigenvalue weighted by Crippen LogP contribution is -2.19. The molecule has 0 aliphatic carbocycles. The monoisotopic (exact) mass is 406 g/mol. The molecule has 2 heteroatoms. The predicted molar refractivity (Wildman–Crippen MR) is 129 cm³/mol. The van der Waals surface area contributed by atoms with Crippen LogP contribution in [-0.4, -0.2) is 10.2 Å². The first-order valence-electron chi connectivity index (χ1n) is 12.0. The smallest absolute Gasteiger partial charge is 0.123 e. The number of aromatic hydroxyl groups is 2. The average molecular weight is 407 g/mol. The Morgan fingerprint density at radius 3 is 1.52 bits per heavy atom. The largest absolute Gasteiger partial charge is 0.508 e. The van der Waals surface area contributed by atoms with E-state index in [2.05, 4.69) is 62.3 Å². The van der Waals surface area contributed by atoms with Gasteiger partial charge in [-0.3, -0.25) is 0 Å². The second-order valence-electron chi connectivity index (χ2n) is 10.5. The van der Waals surface area contributed by atoms with Crippen molar-refractivity contribution in [3.05, 3.63) is 22.8 Å². The van der Waals surface area contributed by atoms with Gasteiger partial charge < -0.3 is 10.2 Å². The minimum Gasteiger partial charge on any atom is -0.508 e. The Hall–Kier alpha value is -1.18. The van der Waals surface area contributed by atoms with Gasteiger partial charge in [0.25, 0.3) is 0 Å². The summed E-state index contributed by atoms with van der Waals surface area (Å²) in [7, 11) is 0. The number of rotatable bonds is 9. The predicted octanol–water partition coefficient (Wildman–Crippen LogP) is 8.79. The number of phenols is 2. The summed E-state index contributed by atoms with van der Waals surface area (Å²) in [5.41, 5.74) is 2.29. The molecule has 0 saturated heterocycles.